The molecule has 1 saturated carbocycles. The zero-order valence-electron chi connectivity index (χ0n) is 9.47. The van der Waals surface area contributed by atoms with Crippen molar-refractivity contribution in [2.75, 3.05) is 13.6 Å². The summed E-state index contributed by atoms with van der Waals surface area (Å²) in [4.78, 5) is 13.3. The van der Waals surface area contributed by atoms with Crippen LogP contribution in [0.4, 0.5) is 4.79 Å². The minimum atomic E-state index is -0.583. The zero-order valence-corrected chi connectivity index (χ0v) is 9.47. The van der Waals surface area contributed by atoms with E-state index in [0.717, 1.165) is 25.7 Å². The second-order valence-electron chi connectivity index (χ2n) is 4.15. The number of rotatable bonds is 3. The van der Waals surface area contributed by atoms with E-state index in [0.29, 0.717) is 6.54 Å². The first-order valence-electron chi connectivity index (χ1n) is 5.39. The van der Waals surface area contributed by atoms with E-state index in [1.807, 2.05) is 6.92 Å². The third-order valence-corrected chi connectivity index (χ3v) is 3.14. The van der Waals surface area contributed by atoms with Crippen molar-refractivity contribution in [2.24, 2.45) is 5.73 Å². The number of carbonyl (C=O) groups is 1. The van der Waals surface area contributed by atoms with Crippen LogP contribution in [0, 0.1) is 5.41 Å². The second kappa shape index (κ2) is 4.51. The van der Waals surface area contributed by atoms with Crippen molar-refractivity contribution in [2.45, 2.75) is 38.1 Å². The Balaban J connectivity index is 2.67. The van der Waals surface area contributed by atoms with Gasteiger partial charge in [0.05, 0.1) is 5.54 Å². The van der Waals surface area contributed by atoms with Crippen molar-refractivity contribution in [3.05, 3.63) is 0 Å². The molecule has 1 aliphatic carbocycles. The fourth-order valence-electron chi connectivity index (χ4n) is 1.88. The minimum Gasteiger partial charge on any atom is -0.386 e. The molecule has 0 saturated heterocycles. The number of carbonyl (C=O) groups excluding carboxylic acids is 1. The van der Waals surface area contributed by atoms with Crippen LogP contribution in [-0.4, -0.2) is 35.9 Å². The second-order valence-corrected chi connectivity index (χ2v) is 4.15. The molecule has 0 atom stereocenters. The number of hydrogen-bond donors (Lipinski definition) is 3. The van der Waals surface area contributed by atoms with Crippen LogP contribution >= 0.6 is 0 Å². The number of amides is 2. The Hall–Kier alpha value is -1.26. The molecule has 0 spiro atoms. The van der Waals surface area contributed by atoms with Crippen LogP contribution in [0.25, 0.3) is 0 Å². The quantitative estimate of drug-likeness (QED) is 0.480. The molecule has 0 aromatic heterocycles. The molecule has 5 heteroatoms. The van der Waals surface area contributed by atoms with E-state index in [2.05, 4.69) is 5.32 Å². The Kier molecular flexibility index (Phi) is 3.55. The normalized spacial score (nSPS) is 18.5. The molecule has 0 bridgehead atoms. The lowest BCUT2D eigenvalue weighted by Gasteiger charge is -2.31. The zero-order chi connectivity index (χ0) is 11.5. The molecular weight excluding hydrogens is 192 g/mol. The monoisotopic (exact) mass is 212 g/mol. The van der Waals surface area contributed by atoms with Gasteiger partial charge in [0.2, 0.25) is 0 Å². The first kappa shape index (κ1) is 11.8. The number of nitrogens with zero attached hydrogens (tertiary/aromatic N) is 1. The molecule has 86 valence electrons. The number of amidine groups is 1. The first-order valence-corrected chi connectivity index (χ1v) is 5.39. The van der Waals surface area contributed by atoms with Gasteiger partial charge >= 0.3 is 6.03 Å². The minimum absolute atomic E-state index is 0.0813. The highest BCUT2D eigenvalue weighted by atomic mass is 16.2. The molecule has 5 nitrogen and oxygen atoms in total. The summed E-state index contributed by atoms with van der Waals surface area (Å²) in [5.41, 5.74) is 4.99. The summed E-state index contributed by atoms with van der Waals surface area (Å²) < 4.78 is 0. The average Bonchev–Trinajstić information content (AvgIpc) is 2.66. The molecule has 1 rings (SSSR count). The van der Waals surface area contributed by atoms with Crippen LogP contribution in [0.15, 0.2) is 0 Å². The molecule has 0 aromatic rings. The Morgan fingerprint density at radius 3 is 2.47 bits per heavy atom. The van der Waals surface area contributed by atoms with E-state index in [1.54, 1.807) is 11.9 Å². The highest BCUT2D eigenvalue weighted by Gasteiger charge is 2.38. The largest absolute Gasteiger partial charge is 0.386 e. The van der Waals surface area contributed by atoms with Crippen LogP contribution in [0.5, 0.6) is 0 Å². The molecule has 0 aromatic carbocycles. The molecular formula is C10H20N4O. The van der Waals surface area contributed by atoms with Crippen LogP contribution in [-0.2, 0) is 0 Å². The number of nitrogens with one attached hydrogen (secondary N) is 2. The Bertz CT molecular complexity index is 258. The topological polar surface area (TPSA) is 82.2 Å². The van der Waals surface area contributed by atoms with Crippen molar-refractivity contribution >= 4 is 11.9 Å². The maximum Gasteiger partial charge on any atom is 0.317 e. The molecule has 0 aliphatic heterocycles. The van der Waals surface area contributed by atoms with Crippen molar-refractivity contribution in [1.29, 1.82) is 5.41 Å². The van der Waals surface area contributed by atoms with Crippen molar-refractivity contribution in [3.63, 3.8) is 0 Å². The fourth-order valence-corrected chi connectivity index (χ4v) is 1.88. The van der Waals surface area contributed by atoms with Gasteiger partial charge < -0.3 is 16.0 Å². The Morgan fingerprint density at radius 2 is 2.07 bits per heavy atom. The highest BCUT2D eigenvalue weighted by molar-refractivity contribution is 5.92. The lowest BCUT2D eigenvalue weighted by atomic mass is 9.96. The van der Waals surface area contributed by atoms with Gasteiger partial charge in [-0.1, -0.05) is 12.8 Å². The first-order chi connectivity index (χ1) is 7.02. The summed E-state index contributed by atoms with van der Waals surface area (Å²) in [6, 6.07) is -0.144. The van der Waals surface area contributed by atoms with E-state index in [-0.39, 0.29) is 11.9 Å². The van der Waals surface area contributed by atoms with Gasteiger partial charge in [-0.15, -0.1) is 0 Å². The SMILES string of the molecule is CCN(C)C(=O)NC1(C(=N)N)CCCC1. The van der Waals surface area contributed by atoms with Crippen LogP contribution in [0.1, 0.15) is 32.6 Å². The molecule has 1 fully saturated rings. The maximum absolute atomic E-state index is 11.7. The molecule has 0 heterocycles. The van der Waals surface area contributed by atoms with Gasteiger partial charge in [-0.25, -0.2) is 4.79 Å². The van der Waals surface area contributed by atoms with E-state index in [1.165, 1.54) is 0 Å². The third-order valence-electron chi connectivity index (χ3n) is 3.14. The summed E-state index contributed by atoms with van der Waals surface area (Å²) >= 11 is 0. The molecule has 2 amide bonds. The van der Waals surface area contributed by atoms with E-state index < -0.39 is 5.54 Å². The van der Waals surface area contributed by atoms with E-state index in [9.17, 15) is 4.79 Å². The third kappa shape index (κ3) is 2.40. The summed E-state index contributed by atoms with van der Waals surface area (Å²) in [7, 11) is 1.73. The van der Waals surface area contributed by atoms with E-state index in [4.69, 9.17) is 11.1 Å². The lowest BCUT2D eigenvalue weighted by molar-refractivity contribution is 0.202. The van der Waals surface area contributed by atoms with Crippen molar-refractivity contribution in [3.8, 4) is 0 Å². The Morgan fingerprint density at radius 1 is 1.53 bits per heavy atom. The van der Waals surface area contributed by atoms with Gasteiger partial charge in [0.25, 0.3) is 0 Å². The molecule has 15 heavy (non-hydrogen) atoms. The summed E-state index contributed by atoms with van der Waals surface area (Å²) in [5, 5.41) is 10.5. The fraction of sp³-hybridized carbons (Fsp3) is 0.800. The van der Waals surface area contributed by atoms with E-state index >= 15 is 0 Å². The Labute approximate surface area is 90.5 Å². The lowest BCUT2D eigenvalue weighted by Crippen LogP contribution is -2.57. The standard InChI is InChI=1S/C10H20N4O/c1-3-14(2)9(15)13-10(8(11)12)6-4-5-7-10/h3-7H2,1-2H3,(H3,11,12)(H,13,15). The van der Waals surface area contributed by atoms with Crippen LogP contribution in [0.3, 0.4) is 0 Å². The summed E-state index contributed by atoms with van der Waals surface area (Å²) in [5.74, 6) is 0.0813. The van der Waals surface area contributed by atoms with Gasteiger partial charge in [-0.2, -0.15) is 0 Å². The molecule has 0 unspecified atom stereocenters. The van der Waals surface area contributed by atoms with Gasteiger partial charge in [-0.3, -0.25) is 5.41 Å². The van der Waals surface area contributed by atoms with Gasteiger partial charge in [0, 0.05) is 13.6 Å². The van der Waals surface area contributed by atoms with Crippen LogP contribution < -0.4 is 11.1 Å². The molecule has 4 N–H and O–H groups in total. The van der Waals surface area contributed by atoms with Gasteiger partial charge in [0.15, 0.2) is 0 Å². The maximum atomic E-state index is 11.7. The average molecular weight is 212 g/mol. The molecule has 0 radical (unpaired) electrons. The van der Waals surface area contributed by atoms with Crippen molar-refractivity contribution < 1.29 is 4.79 Å². The molecule has 1 aliphatic rings. The van der Waals surface area contributed by atoms with Crippen molar-refractivity contribution in [1.82, 2.24) is 10.2 Å². The number of hydrogen-bond acceptors (Lipinski definition) is 2. The van der Waals surface area contributed by atoms with Gasteiger partial charge in [-0.05, 0) is 19.8 Å². The van der Waals surface area contributed by atoms with Gasteiger partial charge in [0.1, 0.15) is 5.84 Å². The number of nitrogens with two attached hydrogens (primary N) is 1. The predicted molar refractivity (Wildman–Crippen MR) is 59.9 cm³/mol. The van der Waals surface area contributed by atoms with Crippen LogP contribution in [0.2, 0.25) is 0 Å². The number of urea groups is 1. The summed E-state index contributed by atoms with van der Waals surface area (Å²) in [6.07, 6.45) is 3.61. The highest BCUT2D eigenvalue weighted by Crippen LogP contribution is 2.29. The smallest absolute Gasteiger partial charge is 0.317 e. The summed E-state index contributed by atoms with van der Waals surface area (Å²) in [6.45, 7) is 2.56. The predicted octanol–water partition coefficient (Wildman–Crippen LogP) is 0.896.